The van der Waals surface area contributed by atoms with Gasteiger partial charge < -0.3 is 10.5 Å². The summed E-state index contributed by atoms with van der Waals surface area (Å²) in [6.45, 7) is 6.47. The van der Waals surface area contributed by atoms with Crippen LogP contribution >= 0.6 is 0 Å². The number of methoxy groups -OCH3 is 1. The lowest BCUT2D eigenvalue weighted by atomic mass is 9.93. The van der Waals surface area contributed by atoms with Gasteiger partial charge in [0.1, 0.15) is 5.75 Å². The Morgan fingerprint density at radius 3 is 2.21 bits per heavy atom. The molecule has 2 aromatic carbocycles. The lowest BCUT2D eigenvalue weighted by molar-refractivity contribution is 0.407. The Kier molecular flexibility index (Phi) is 3.79. The van der Waals surface area contributed by atoms with Crippen LogP contribution in [0.2, 0.25) is 0 Å². The molecule has 19 heavy (non-hydrogen) atoms. The standard InChI is InChI=1S/C17H21NO/c1-11(2)15-10-16(12(3)9-17(15)19-4)13-5-7-14(18)8-6-13/h5-11H,18H2,1-4H3. The number of aryl methyl sites for hydroxylation is 1. The molecule has 0 bridgehead atoms. The van der Waals surface area contributed by atoms with Crippen LogP contribution in [-0.2, 0) is 0 Å². The fourth-order valence-electron chi connectivity index (χ4n) is 2.30. The molecule has 0 radical (unpaired) electrons. The smallest absolute Gasteiger partial charge is 0.122 e. The van der Waals surface area contributed by atoms with Crippen molar-refractivity contribution in [2.45, 2.75) is 26.7 Å². The molecular formula is C17H21NO. The first-order valence-electron chi connectivity index (χ1n) is 6.57. The maximum Gasteiger partial charge on any atom is 0.122 e. The highest BCUT2D eigenvalue weighted by molar-refractivity contribution is 5.71. The average molecular weight is 255 g/mol. The van der Waals surface area contributed by atoms with E-state index >= 15 is 0 Å². The van der Waals surface area contributed by atoms with E-state index in [0.29, 0.717) is 5.92 Å². The third kappa shape index (κ3) is 2.73. The fourth-order valence-corrected chi connectivity index (χ4v) is 2.30. The molecule has 0 aliphatic heterocycles. The lowest BCUT2D eigenvalue weighted by Gasteiger charge is -2.16. The molecule has 2 rings (SSSR count). The Morgan fingerprint density at radius 1 is 1.05 bits per heavy atom. The number of hydrogen-bond donors (Lipinski definition) is 1. The molecule has 0 amide bonds. The molecule has 0 saturated heterocycles. The first-order valence-corrected chi connectivity index (χ1v) is 6.57. The highest BCUT2D eigenvalue weighted by atomic mass is 16.5. The van der Waals surface area contributed by atoms with Gasteiger partial charge in [0.2, 0.25) is 0 Å². The third-order valence-corrected chi connectivity index (χ3v) is 3.42. The van der Waals surface area contributed by atoms with E-state index in [4.69, 9.17) is 10.5 Å². The summed E-state index contributed by atoms with van der Waals surface area (Å²) in [6.07, 6.45) is 0. The maximum atomic E-state index is 5.75. The zero-order valence-corrected chi connectivity index (χ0v) is 12.0. The molecule has 2 N–H and O–H groups in total. The van der Waals surface area contributed by atoms with Crippen molar-refractivity contribution < 1.29 is 4.74 Å². The second-order valence-corrected chi connectivity index (χ2v) is 5.19. The van der Waals surface area contributed by atoms with Gasteiger partial charge in [-0.05, 0) is 59.4 Å². The van der Waals surface area contributed by atoms with Crippen molar-refractivity contribution in [3.63, 3.8) is 0 Å². The van der Waals surface area contributed by atoms with E-state index in [1.165, 1.54) is 22.3 Å². The number of anilines is 1. The predicted octanol–water partition coefficient (Wildman–Crippen LogP) is 4.38. The van der Waals surface area contributed by atoms with Gasteiger partial charge in [-0.2, -0.15) is 0 Å². The number of hydrogen-bond acceptors (Lipinski definition) is 2. The molecule has 100 valence electrons. The van der Waals surface area contributed by atoms with E-state index < -0.39 is 0 Å². The van der Waals surface area contributed by atoms with Crippen molar-refractivity contribution in [3.05, 3.63) is 47.5 Å². The van der Waals surface area contributed by atoms with E-state index in [1.54, 1.807) is 7.11 Å². The van der Waals surface area contributed by atoms with Crippen LogP contribution in [0.5, 0.6) is 5.75 Å². The largest absolute Gasteiger partial charge is 0.496 e. The summed E-state index contributed by atoms with van der Waals surface area (Å²) in [5, 5.41) is 0. The summed E-state index contributed by atoms with van der Waals surface area (Å²) in [4.78, 5) is 0. The van der Waals surface area contributed by atoms with Crippen LogP contribution in [0.25, 0.3) is 11.1 Å². The van der Waals surface area contributed by atoms with E-state index in [-0.39, 0.29) is 0 Å². The molecule has 0 heterocycles. The van der Waals surface area contributed by atoms with Gasteiger partial charge in [0.05, 0.1) is 7.11 Å². The number of rotatable bonds is 3. The zero-order chi connectivity index (χ0) is 14.0. The highest BCUT2D eigenvalue weighted by Gasteiger charge is 2.12. The minimum Gasteiger partial charge on any atom is -0.496 e. The van der Waals surface area contributed by atoms with Crippen molar-refractivity contribution in [1.82, 2.24) is 0 Å². The zero-order valence-electron chi connectivity index (χ0n) is 12.0. The minimum atomic E-state index is 0.433. The molecule has 2 aromatic rings. The molecular weight excluding hydrogens is 234 g/mol. The Labute approximate surface area is 115 Å². The van der Waals surface area contributed by atoms with Gasteiger partial charge in [0.25, 0.3) is 0 Å². The summed E-state index contributed by atoms with van der Waals surface area (Å²) in [5.41, 5.74) is 11.4. The average Bonchev–Trinajstić information content (AvgIpc) is 2.39. The molecule has 0 spiro atoms. The van der Waals surface area contributed by atoms with Crippen molar-refractivity contribution >= 4 is 5.69 Å². The van der Waals surface area contributed by atoms with Crippen molar-refractivity contribution in [1.29, 1.82) is 0 Å². The summed E-state index contributed by atoms with van der Waals surface area (Å²) in [7, 11) is 1.73. The molecule has 0 saturated carbocycles. The Bertz CT molecular complexity index is 571. The Hall–Kier alpha value is -1.96. The number of nitrogen functional groups attached to an aromatic ring is 1. The van der Waals surface area contributed by atoms with Crippen LogP contribution in [0, 0.1) is 6.92 Å². The summed E-state index contributed by atoms with van der Waals surface area (Å²) < 4.78 is 5.48. The highest BCUT2D eigenvalue weighted by Crippen LogP contribution is 2.34. The molecule has 0 aromatic heterocycles. The molecule has 2 heteroatoms. The van der Waals surface area contributed by atoms with Crippen LogP contribution in [0.4, 0.5) is 5.69 Å². The minimum absolute atomic E-state index is 0.433. The van der Waals surface area contributed by atoms with Crippen LogP contribution in [-0.4, -0.2) is 7.11 Å². The van der Waals surface area contributed by atoms with Crippen molar-refractivity contribution in [2.24, 2.45) is 0 Å². The SMILES string of the molecule is COc1cc(C)c(-c2ccc(N)cc2)cc1C(C)C. The second kappa shape index (κ2) is 5.35. The molecule has 0 aliphatic rings. The first-order chi connectivity index (χ1) is 9.02. The number of ether oxygens (including phenoxy) is 1. The van der Waals surface area contributed by atoms with Crippen LogP contribution in [0.3, 0.4) is 0 Å². The van der Waals surface area contributed by atoms with E-state index in [0.717, 1.165) is 11.4 Å². The topological polar surface area (TPSA) is 35.2 Å². The predicted molar refractivity (Wildman–Crippen MR) is 81.7 cm³/mol. The van der Waals surface area contributed by atoms with Crippen LogP contribution in [0.1, 0.15) is 30.9 Å². The fraction of sp³-hybridized carbons (Fsp3) is 0.294. The monoisotopic (exact) mass is 255 g/mol. The van der Waals surface area contributed by atoms with Gasteiger partial charge >= 0.3 is 0 Å². The van der Waals surface area contributed by atoms with Gasteiger partial charge in [-0.25, -0.2) is 0 Å². The molecule has 2 nitrogen and oxygen atoms in total. The van der Waals surface area contributed by atoms with Gasteiger partial charge in [-0.3, -0.25) is 0 Å². The first kappa shape index (κ1) is 13.5. The third-order valence-electron chi connectivity index (χ3n) is 3.42. The molecule has 0 atom stereocenters. The normalized spacial score (nSPS) is 10.8. The van der Waals surface area contributed by atoms with Gasteiger partial charge in [-0.15, -0.1) is 0 Å². The van der Waals surface area contributed by atoms with Gasteiger partial charge in [-0.1, -0.05) is 26.0 Å². The van der Waals surface area contributed by atoms with E-state index in [9.17, 15) is 0 Å². The lowest BCUT2D eigenvalue weighted by Crippen LogP contribution is -1.97. The number of benzene rings is 2. The second-order valence-electron chi connectivity index (χ2n) is 5.19. The van der Waals surface area contributed by atoms with Crippen LogP contribution in [0.15, 0.2) is 36.4 Å². The Morgan fingerprint density at radius 2 is 1.68 bits per heavy atom. The van der Waals surface area contributed by atoms with E-state index in [2.05, 4.69) is 45.0 Å². The number of nitrogens with two attached hydrogens (primary N) is 1. The summed E-state index contributed by atoms with van der Waals surface area (Å²) in [6, 6.07) is 12.3. The maximum absolute atomic E-state index is 5.75. The summed E-state index contributed by atoms with van der Waals surface area (Å²) in [5.74, 6) is 1.40. The van der Waals surface area contributed by atoms with Gasteiger partial charge in [0, 0.05) is 5.69 Å². The van der Waals surface area contributed by atoms with Crippen molar-refractivity contribution in [2.75, 3.05) is 12.8 Å². The quantitative estimate of drug-likeness (QED) is 0.826. The van der Waals surface area contributed by atoms with Crippen molar-refractivity contribution in [3.8, 4) is 16.9 Å². The summed E-state index contributed by atoms with van der Waals surface area (Å²) >= 11 is 0. The molecule has 0 unspecified atom stereocenters. The Balaban J connectivity index is 2.57. The van der Waals surface area contributed by atoms with Gasteiger partial charge in [0.15, 0.2) is 0 Å². The molecule has 0 fully saturated rings. The van der Waals surface area contributed by atoms with E-state index in [1.807, 2.05) is 12.1 Å². The molecule has 0 aliphatic carbocycles. The van der Waals surface area contributed by atoms with Crippen LogP contribution < -0.4 is 10.5 Å².